The average Bonchev–Trinajstić information content (AvgIpc) is 2.53. The molecule has 1 saturated heterocycles. The van der Waals surface area contributed by atoms with Gasteiger partial charge in [-0.2, -0.15) is 0 Å². The van der Waals surface area contributed by atoms with E-state index in [1.54, 1.807) is 6.20 Å². The number of amides is 1. The van der Waals surface area contributed by atoms with E-state index in [0.29, 0.717) is 5.76 Å². The van der Waals surface area contributed by atoms with Gasteiger partial charge in [0.1, 0.15) is 0 Å². The summed E-state index contributed by atoms with van der Waals surface area (Å²) in [6.07, 6.45) is 4.90. The highest BCUT2D eigenvalue weighted by Crippen LogP contribution is 2.08. The Balaban J connectivity index is 1.93. The van der Waals surface area contributed by atoms with Gasteiger partial charge in [0.05, 0.1) is 6.20 Å². The van der Waals surface area contributed by atoms with Crippen LogP contribution in [0.3, 0.4) is 0 Å². The Morgan fingerprint density at radius 1 is 1.62 bits per heavy atom. The SMILES string of the molecule is Cc1cnoc1C(=O)NC1CCCCNC1. The van der Waals surface area contributed by atoms with Crippen LogP contribution < -0.4 is 10.6 Å². The molecule has 1 aliphatic heterocycles. The van der Waals surface area contributed by atoms with Crippen molar-refractivity contribution in [3.63, 3.8) is 0 Å². The molecule has 1 aliphatic rings. The molecule has 88 valence electrons. The molecule has 2 N–H and O–H groups in total. The molecule has 0 spiro atoms. The number of aromatic nitrogens is 1. The van der Waals surface area contributed by atoms with E-state index in [-0.39, 0.29) is 11.9 Å². The normalized spacial score (nSPS) is 21.4. The van der Waals surface area contributed by atoms with Crippen LogP contribution in [0.2, 0.25) is 0 Å². The molecule has 0 bridgehead atoms. The Bertz CT molecular complexity index is 354. The first kappa shape index (κ1) is 11.1. The second-order valence-corrected chi connectivity index (χ2v) is 4.21. The summed E-state index contributed by atoms with van der Waals surface area (Å²) in [4.78, 5) is 11.8. The fourth-order valence-electron chi connectivity index (χ4n) is 1.90. The molecule has 0 aromatic carbocycles. The molecule has 5 heteroatoms. The van der Waals surface area contributed by atoms with E-state index in [4.69, 9.17) is 4.52 Å². The van der Waals surface area contributed by atoms with Crippen LogP contribution in [-0.4, -0.2) is 30.2 Å². The van der Waals surface area contributed by atoms with E-state index in [1.165, 1.54) is 6.42 Å². The van der Waals surface area contributed by atoms with Gasteiger partial charge in [-0.15, -0.1) is 0 Å². The summed E-state index contributed by atoms with van der Waals surface area (Å²) in [5.41, 5.74) is 0.777. The minimum absolute atomic E-state index is 0.163. The van der Waals surface area contributed by atoms with Crippen LogP contribution in [0.15, 0.2) is 10.7 Å². The number of nitrogens with zero attached hydrogens (tertiary/aromatic N) is 1. The third-order valence-corrected chi connectivity index (χ3v) is 2.84. The molecule has 0 radical (unpaired) electrons. The summed E-state index contributed by atoms with van der Waals surface area (Å²) in [5, 5.41) is 9.87. The third-order valence-electron chi connectivity index (χ3n) is 2.84. The summed E-state index contributed by atoms with van der Waals surface area (Å²) < 4.78 is 4.92. The molecule has 1 amide bonds. The summed E-state index contributed by atoms with van der Waals surface area (Å²) in [6, 6.07) is 0.194. The van der Waals surface area contributed by atoms with Crippen LogP contribution in [0.5, 0.6) is 0 Å². The number of nitrogens with one attached hydrogen (secondary N) is 2. The maximum Gasteiger partial charge on any atom is 0.290 e. The number of rotatable bonds is 2. The van der Waals surface area contributed by atoms with E-state index in [1.807, 2.05) is 6.92 Å². The Hall–Kier alpha value is -1.36. The van der Waals surface area contributed by atoms with Crippen molar-refractivity contribution < 1.29 is 9.32 Å². The van der Waals surface area contributed by atoms with Crippen LogP contribution >= 0.6 is 0 Å². The Morgan fingerprint density at radius 3 is 3.25 bits per heavy atom. The van der Waals surface area contributed by atoms with Gasteiger partial charge < -0.3 is 15.2 Å². The molecule has 5 nitrogen and oxygen atoms in total. The van der Waals surface area contributed by atoms with E-state index in [2.05, 4.69) is 15.8 Å². The number of hydrogen-bond acceptors (Lipinski definition) is 4. The highest BCUT2D eigenvalue weighted by molar-refractivity contribution is 5.92. The van der Waals surface area contributed by atoms with Crippen molar-refractivity contribution in [3.8, 4) is 0 Å². The summed E-state index contributed by atoms with van der Waals surface area (Å²) in [5.74, 6) is 0.160. The van der Waals surface area contributed by atoms with Gasteiger partial charge in [0.25, 0.3) is 5.91 Å². The Kier molecular flexibility index (Phi) is 3.56. The van der Waals surface area contributed by atoms with Crippen molar-refractivity contribution >= 4 is 5.91 Å². The summed E-state index contributed by atoms with van der Waals surface area (Å²) in [7, 11) is 0. The van der Waals surface area contributed by atoms with Crippen molar-refractivity contribution in [1.82, 2.24) is 15.8 Å². The number of carbonyl (C=O) groups excluding carboxylic acids is 1. The number of aryl methyl sites for hydroxylation is 1. The minimum Gasteiger partial charge on any atom is -0.351 e. The van der Waals surface area contributed by atoms with Crippen molar-refractivity contribution in [2.45, 2.75) is 32.2 Å². The Labute approximate surface area is 94.6 Å². The highest BCUT2D eigenvalue weighted by Gasteiger charge is 2.19. The quantitative estimate of drug-likeness (QED) is 0.780. The zero-order valence-corrected chi connectivity index (χ0v) is 9.45. The van der Waals surface area contributed by atoms with Gasteiger partial charge in [0.2, 0.25) is 5.76 Å². The van der Waals surface area contributed by atoms with E-state index < -0.39 is 0 Å². The van der Waals surface area contributed by atoms with Gasteiger partial charge in [-0.25, -0.2) is 0 Å². The van der Waals surface area contributed by atoms with E-state index in [0.717, 1.165) is 31.5 Å². The summed E-state index contributed by atoms with van der Waals surface area (Å²) in [6.45, 7) is 3.68. The molecule has 1 fully saturated rings. The van der Waals surface area contributed by atoms with Gasteiger partial charge in [-0.05, 0) is 26.3 Å². The predicted octanol–water partition coefficient (Wildman–Crippen LogP) is 0.855. The van der Waals surface area contributed by atoms with E-state index >= 15 is 0 Å². The second-order valence-electron chi connectivity index (χ2n) is 4.21. The molecule has 2 rings (SSSR count). The van der Waals surface area contributed by atoms with Gasteiger partial charge in [0.15, 0.2) is 0 Å². The van der Waals surface area contributed by atoms with Crippen LogP contribution in [-0.2, 0) is 0 Å². The molecule has 16 heavy (non-hydrogen) atoms. The van der Waals surface area contributed by atoms with Gasteiger partial charge >= 0.3 is 0 Å². The van der Waals surface area contributed by atoms with Crippen molar-refractivity contribution in [2.75, 3.05) is 13.1 Å². The average molecular weight is 223 g/mol. The second kappa shape index (κ2) is 5.12. The largest absolute Gasteiger partial charge is 0.351 e. The molecule has 1 unspecified atom stereocenters. The van der Waals surface area contributed by atoms with Crippen molar-refractivity contribution in [3.05, 3.63) is 17.5 Å². The molecule has 2 heterocycles. The lowest BCUT2D eigenvalue weighted by molar-refractivity contribution is 0.0897. The molecular formula is C11H17N3O2. The minimum atomic E-state index is -0.163. The van der Waals surface area contributed by atoms with Crippen LogP contribution in [0.4, 0.5) is 0 Å². The third kappa shape index (κ3) is 2.61. The smallest absolute Gasteiger partial charge is 0.290 e. The lowest BCUT2D eigenvalue weighted by atomic mass is 10.1. The lowest BCUT2D eigenvalue weighted by Crippen LogP contribution is -2.40. The van der Waals surface area contributed by atoms with Gasteiger partial charge in [0, 0.05) is 18.2 Å². The lowest BCUT2D eigenvalue weighted by Gasteiger charge is -2.15. The maximum absolute atomic E-state index is 11.8. The zero-order chi connectivity index (χ0) is 11.4. The molecule has 1 atom stereocenters. The van der Waals surface area contributed by atoms with Gasteiger partial charge in [-0.3, -0.25) is 4.79 Å². The van der Waals surface area contributed by atoms with Crippen molar-refractivity contribution in [1.29, 1.82) is 0 Å². The van der Waals surface area contributed by atoms with Gasteiger partial charge in [-0.1, -0.05) is 11.6 Å². The highest BCUT2D eigenvalue weighted by atomic mass is 16.5. The predicted molar refractivity (Wildman–Crippen MR) is 59.2 cm³/mol. The molecule has 0 saturated carbocycles. The topological polar surface area (TPSA) is 67.2 Å². The number of hydrogen-bond donors (Lipinski definition) is 2. The standard InChI is InChI=1S/C11H17N3O2/c1-8-6-13-16-10(8)11(15)14-9-4-2-3-5-12-7-9/h6,9,12H,2-5,7H2,1H3,(H,14,15). The molecular weight excluding hydrogens is 206 g/mol. The fraction of sp³-hybridized carbons (Fsp3) is 0.636. The molecule has 0 aliphatic carbocycles. The van der Waals surface area contributed by atoms with E-state index in [9.17, 15) is 4.79 Å². The van der Waals surface area contributed by atoms with Crippen LogP contribution in [0, 0.1) is 6.92 Å². The monoisotopic (exact) mass is 223 g/mol. The fourth-order valence-corrected chi connectivity index (χ4v) is 1.90. The summed E-state index contributed by atoms with van der Waals surface area (Å²) >= 11 is 0. The van der Waals surface area contributed by atoms with Crippen LogP contribution in [0.1, 0.15) is 35.4 Å². The first-order valence-electron chi connectivity index (χ1n) is 5.70. The van der Waals surface area contributed by atoms with Crippen LogP contribution in [0.25, 0.3) is 0 Å². The zero-order valence-electron chi connectivity index (χ0n) is 9.45. The Morgan fingerprint density at radius 2 is 2.50 bits per heavy atom. The molecule has 1 aromatic heterocycles. The number of carbonyl (C=O) groups is 1. The van der Waals surface area contributed by atoms with Crippen molar-refractivity contribution in [2.24, 2.45) is 0 Å². The maximum atomic E-state index is 11.8. The molecule has 1 aromatic rings. The first-order valence-corrected chi connectivity index (χ1v) is 5.70. The first-order chi connectivity index (χ1) is 7.77.